The molecule has 0 radical (unpaired) electrons. The molecule has 4 aromatic carbocycles. The van der Waals surface area contributed by atoms with Crippen LogP contribution in [0.15, 0.2) is 145 Å². The van der Waals surface area contributed by atoms with Crippen molar-refractivity contribution in [1.29, 1.82) is 0 Å². The van der Waals surface area contributed by atoms with Gasteiger partial charge in [0.25, 0.3) is 0 Å². The van der Waals surface area contributed by atoms with E-state index in [-0.39, 0.29) is 48.6 Å². The van der Waals surface area contributed by atoms with Gasteiger partial charge in [-0.15, -0.1) is 0 Å². The summed E-state index contributed by atoms with van der Waals surface area (Å²) < 4.78 is 81.6. The van der Waals surface area contributed by atoms with E-state index in [4.69, 9.17) is 0 Å². The van der Waals surface area contributed by atoms with Crippen LogP contribution >= 0.6 is 0 Å². The largest absolute Gasteiger partial charge is 0.395 e. The third-order valence-electron chi connectivity index (χ3n) is 10.4. The van der Waals surface area contributed by atoms with Gasteiger partial charge in [0.05, 0.1) is 13.2 Å². The normalized spacial score (nSPS) is 17.1. The minimum atomic E-state index is -4.49. The van der Waals surface area contributed by atoms with Gasteiger partial charge in [0.1, 0.15) is 0 Å². The summed E-state index contributed by atoms with van der Waals surface area (Å²) >= 11 is 0. The average Bonchev–Trinajstić information content (AvgIpc) is 3.24. The minimum absolute atomic E-state index is 0.0774. The third-order valence-corrected chi connectivity index (χ3v) is 10.4. The van der Waals surface area contributed by atoms with Gasteiger partial charge in [-0.1, -0.05) is 109 Å². The molecule has 7 nitrogen and oxygen atoms in total. The number of alkyl halides is 6. The number of β-amino-alcohol motifs (C(OH)–C–C–N with tert-alkyl or cyclic N) is 2. The first-order valence-corrected chi connectivity index (χ1v) is 19.3. The summed E-state index contributed by atoms with van der Waals surface area (Å²) in [6, 6.07) is 28.8. The summed E-state index contributed by atoms with van der Waals surface area (Å²) in [6.45, 7) is -0.423. The number of aliphatic hydroxyl groups is 2. The number of allylic oxidation sites excluding steroid dienone is 4. The molecule has 0 spiro atoms. The molecule has 0 aliphatic carbocycles. The van der Waals surface area contributed by atoms with Crippen LogP contribution < -0.4 is 0 Å². The second-order valence-corrected chi connectivity index (χ2v) is 14.5. The van der Waals surface area contributed by atoms with E-state index < -0.39 is 67.2 Å². The number of Topliss-reactive ketones (excluding diaryl/α,β-unsaturated/α-hetero) is 2. The molecule has 0 fully saturated rings. The highest BCUT2D eigenvalue weighted by atomic mass is 19.4. The topological polar surface area (TPSA) is 98.2 Å². The predicted octanol–water partition coefficient (Wildman–Crippen LogP) is 9.67. The Labute approximate surface area is 343 Å². The smallest absolute Gasteiger partial charge is 0.389 e. The highest BCUT2D eigenvalue weighted by Crippen LogP contribution is 2.42. The van der Waals surface area contributed by atoms with Crippen LogP contribution in [0.4, 0.5) is 26.3 Å². The SMILES string of the molecule is O=C(C1=CN(CCO)C=C(c2ccc(C(=O)c3ccc(C4=CN(CCO)C=C(C(=O)c5ccccc5)C4CCC(F)(F)F)cc3)cc2)C1CCC(F)(F)F)c1ccccc1. The second-order valence-electron chi connectivity index (χ2n) is 14.5. The molecule has 0 saturated carbocycles. The summed E-state index contributed by atoms with van der Waals surface area (Å²) in [5, 5.41) is 19.4. The molecule has 0 aromatic heterocycles. The molecule has 2 aliphatic heterocycles. The van der Waals surface area contributed by atoms with E-state index in [1.807, 2.05) is 0 Å². The summed E-state index contributed by atoms with van der Waals surface area (Å²) in [6.07, 6.45) is -5.96. The van der Waals surface area contributed by atoms with Crippen molar-refractivity contribution >= 4 is 28.5 Å². The number of ketones is 3. The van der Waals surface area contributed by atoms with E-state index in [0.717, 1.165) is 0 Å². The Morgan fingerprint density at radius 2 is 0.800 bits per heavy atom. The Morgan fingerprint density at radius 1 is 0.467 bits per heavy atom. The van der Waals surface area contributed by atoms with Gasteiger partial charge in [0.15, 0.2) is 17.3 Å². The lowest BCUT2D eigenvalue weighted by atomic mass is 9.79. The number of carbonyl (C=O) groups is 3. The maximum Gasteiger partial charge on any atom is 0.389 e. The van der Waals surface area contributed by atoms with Crippen LogP contribution in [0.1, 0.15) is 73.4 Å². The van der Waals surface area contributed by atoms with Gasteiger partial charge in [-0.2, -0.15) is 26.3 Å². The van der Waals surface area contributed by atoms with E-state index >= 15 is 0 Å². The highest BCUT2D eigenvalue weighted by molar-refractivity contribution is 6.12. The van der Waals surface area contributed by atoms with Crippen molar-refractivity contribution in [2.75, 3.05) is 26.3 Å². The van der Waals surface area contributed by atoms with Crippen molar-refractivity contribution in [2.24, 2.45) is 11.8 Å². The fourth-order valence-electron chi connectivity index (χ4n) is 7.50. The zero-order chi connectivity index (χ0) is 43.0. The molecule has 2 heterocycles. The molecule has 0 bridgehead atoms. The summed E-state index contributed by atoms with van der Waals surface area (Å²) in [7, 11) is 0. The van der Waals surface area contributed by atoms with Crippen LogP contribution in [-0.4, -0.2) is 76.0 Å². The van der Waals surface area contributed by atoms with Crippen molar-refractivity contribution in [3.8, 4) is 0 Å². The fourth-order valence-corrected chi connectivity index (χ4v) is 7.50. The lowest BCUT2D eigenvalue weighted by molar-refractivity contribution is -0.137. The van der Waals surface area contributed by atoms with Crippen molar-refractivity contribution in [3.05, 3.63) is 179 Å². The van der Waals surface area contributed by atoms with Crippen LogP contribution in [0.2, 0.25) is 0 Å². The van der Waals surface area contributed by atoms with Gasteiger partial charge in [-0.05, 0) is 35.1 Å². The van der Waals surface area contributed by atoms with Gasteiger partial charge in [-0.25, -0.2) is 0 Å². The number of nitrogens with zero attached hydrogens (tertiary/aromatic N) is 2. The Bertz CT molecular complexity index is 2120. The summed E-state index contributed by atoms with van der Waals surface area (Å²) in [5.74, 6) is -3.21. The molecule has 60 heavy (non-hydrogen) atoms. The fraction of sp³-hybridized carbons (Fsp3) is 0.255. The van der Waals surface area contributed by atoms with Gasteiger partial charge in [-0.3, -0.25) is 14.4 Å². The number of benzene rings is 4. The minimum Gasteiger partial charge on any atom is -0.395 e. The van der Waals surface area contributed by atoms with Gasteiger partial charge in [0, 0.05) is 96.0 Å². The number of rotatable bonds is 16. The van der Waals surface area contributed by atoms with Crippen LogP contribution in [0.25, 0.3) is 11.1 Å². The molecule has 2 N–H and O–H groups in total. The lowest BCUT2D eigenvalue weighted by Gasteiger charge is -2.32. The van der Waals surface area contributed by atoms with Crippen LogP contribution in [0.3, 0.4) is 0 Å². The standard InChI is InChI=1S/C47H42F6N2O5/c48-46(49,50)21-19-37-39(27-54(23-25-56)29-41(37)44(59)33-7-3-1-4-8-33)31-11-15-35(16-12-31)43(58)36-17-13-32(14-18-36)40-28-55(24-26-57)30-42(38(40)20-22-47(51,52)53)45(60)34-9-5-2-6-10-34/h1-18,27-30,37-38,56-57H,19-26H2. The highest BCUT2D eigenvalue weighted by Gasteiger charge is 2.37. The Balaban J connectivity index is 1.28. The van der Waals surface area contributed by atoms with E-state index in [1.165, 1.54) is 36.7 Å². The van der Waals surface area contributed by atoms with E-state index in [1.54, 1.807) is 107 Å². The van der Waals surface area contributed by atoms with Gasteiger partial charge in [0.2, 0.25) is 0 Å². The molecule has 6 rings (SSSR count). The zero-order valence-electron chi connectivity index (χ0n) is 32.3. The molecular formula is C47H42F6N2O5. The van der Waals surface area contributed by atoms with E-state index in [9.17, 15) is 50.9 Å². The van der Waals surface area contributed by atoms with Crippen molar-refractivity contribution in [1.82, 2.24) is 9.80 Å². The first-order chi connectivity index (χ1) is 28.7. The third kappa shape index (κ3) is 10.8. The molecule has 0 saturated heterocycles. The Hall–Kier alpha value is -6.05. The van der Waals surface area contributed by atoms with Crippen LogP contribution in [-0.2, 0) is 0 Å². The maximum atomic E-state index is 13.8. The first kappa shape index (κ1) is 43.5. The van der Waals surface area contributed by atoms with Crippen LogP contribution in [0.5, 0.6) is 0 Å². The van der Waals surface area contributed by atoms with Gasteiger partial charge >= 0.3 is 12.4 Å². The molecular weight excluding hydrogens is 787 g/mol. The molecule has 312 valence electrons. The molecule has 4 aromatic rings. The zero-order valence-corrected chi connectivity index (χ0v) is 32.3. The van der Waals surface area contributed by atoms with Gasteiger partial charge < -0.3 is 20.0 Å². The number of aliphatic hydroxyl groups excluding tert-OH is 2. The summed E-state index contributed by atoms with van der Waals surface area (Å²) in [5.41, 5.74) is 3.12. The molecule has 2 unspecified atom stereocenters. The Morgan fingerprint density at radius 3 is 1.12 bits per heavy atom. The van der Waals surface area contributed by atoms with Crippen molar-refractivity contribution in [3.63, 3.8) is 0 Å². The number of halogens is 6. The molecule has 2 aliphatic rings. The summed E-state index contributed by atoms with van der Waals surface area (Å²) in [4.78, 5) is 44.4. The monoisotopic (exact) mass is 828 g/mol. The van der Waals surface area contributed by atoms with E-state index in [2.05, 4.69) is 0 Å². The molecule has 0 amide bonds. The predicted molar refractivity (Wildman–Crippen MR) is 215 cm³/mol. The van der Waals surface area contributed by atoms with Crippen molar-refractivity contribution < 1.29 is 50.9 Å². The van der Waals surface area contributed by atoms with E-state index in [0.29, 0.717) is 33.4 Å². The Kier molecular flexibility index (Phi) is 13.7. The molecule has 13 heteroatoms. The molecule has 2 atom stereocenters. The van der Waals surface area contributed by atoms with Crippen LogP contribution in [0, 0.1) is 11.8 Å². The number of hydrogen-bond donors (Lipinski definition) is 2. The lowest BCUT2D eigenvalue weighted by Crippen LogP contribution is -2.28. The van der Waals surface area contributed by atoms with Crippen molar-refractivity contribution in [2.45, 2.75) is 38.0 Å². The number of carbonyl (C=O) groups excluding carboxylic acids is 3. The number of hydrogen-bond acceptors (Lipinski definition) is 7. The average molecular weight is 829 g/mol. The second kappa shape index (κ2) is 18.9. The maximum absolute atomic E-state index is 13.8. The first-order valence-electron chi connectivity index (χ1n) is 19.3. The quantitative estimate of drug-likeness (QED) is 0.0858.